The number of rotatable bonds is 4. The lowest BCUT2D eigenvalue weighted by Gasteiger charge is -2.18. The molecule has 108 valence electrons. The summed E-state index contributed by atoms with van der Waals surface area (Å²) < 4.78 is 26.5. The van der Waals surface area contributed by atoms with Crippen LogP contribution in [0, 0.1) is 11.3 Å². The van der Waals surface area contributed by atoms with E-state index in [1.165, 1.54) is 44.1 Å². The molecule has 0 aliphatic carbocycles. The molecule has 0 aliphatic heterocycles. The van der Waals surface area contributed by atoms with Crippen molar-refractivity contribution in [3.05, 3.63) is 28.8 Å². The summed E-state index contributed by atoms with van der Waals surface area (Å²) in [6.45, 7) is 1.28. The van der Waals surface area contributed by atoms with E-state index in [0.717, 1.165) is 0 Å². The number of hydrogen-bond acceptors (Lipinski definition) is 4. The summed E-state index contributed by atoms with van der Waals surface area (Å²) in [5.41, 5.74) is 0.181. The first-order chi connectivity index (χ1) is 9.19. The summed E-state index contributed by atoms with van der Waals surface area (Å²) in [4.78, 5) is 12.9. The van der Waals surface area contributed by atoms with Crippen LogP contribution in [0.5, 0.6) is 0 Å². The molecule has 1 unspecified atom stereocenters. The van der Waals surface area contributed by atoms with Crippen molar-refractivity contribution in [2.24, 2.45) is 0 Å². The summed E-state index contributed by atoms with van der Waals surface area (Å²) in [6.07, 6.45) is 0. The van der Waals surface area contributed by atoms with Gasteiger partial charge >= 0.3 is 0 Å². The van der Waals surface area contributed by atoms with Crippen molar-refractivity contribution in [1.82, 2.24) is 4.90 Å². The lowest BCUT2D eigenvalue weighted by Crippen LogP contribution is -2.39. The van der Waals surface area contributed by atoms with E-state index >= 15 is 0 Å². The number of nitriles is 1. The zero-order valence-corrected chi connectivity index (χ0v) is 12.8. The molecular formula is C12H14ClN3O3S. The molecular weight excluding hydrogens is 302 g/mol. The lowest BCUT2D eigenvalue weighted by molar-refractivity contribution is -0.127. The highest BCUT2D eigenvalue weighted by Gasteiger charge is 2.29. The van der Waals surface area contributed by atoms with Gasteiger partial charge in [0.1, 0.15) is 6.07 Å². The van der Waals surface area contributed by atoms with Crippen LogP contribution >= 0.6 is 11.6 Å². The Bertz CT molecular complexity index is 665. The molecule has 1 aromatic rings. The van der Waals surface area contributed by atoms with Crippen LogP contribution in [0.2, 0.25) is 5.02 Å². The van der Waals surface area contributed by atoms with Gasteiger partial charge in [-0.1, -0.05) is 11.6 Å². The van der Waals surface area contributed by atoms with Crippen LogP contribution in [0.15, 0.2) is 18.2 Å². The second-order valence-electron chi connectivity index (χ2n) is 4.32. The van der Waals surface area contributed by atoms with Crippen molar-refractivity contribution in [2.45, 2.75) is 12.2 Å². The lowest BCUT2D eigenvalue weighted by atomic mass is 10.2. The SMILES string of the molecule is CC(C(=O)N(C)C)S(=O)(=O)Nc1cc(Cl)ccc1C#N. The maximum Gasteiger partial charge on any atom is 0.244 e. The van der Waals surface area contributed by atoms with Crippen molar-refractivity contribution < 1.29 is 13.2 Å². The largest absolute Gasteiger partial charge is 0.348 e. The van der Waals surface area contributed by atoms with Gasteiger partial charge in [-0.05, 0) is 25.1 Å². The fourth-order valence-corrected chi connectivity index (χ4v) is 2.74. The number of carbonyl (C=O) groups excluding carboxylic acids is 1. The molecule has 6 nitrogen and oxygen atoms in total. The van der Waals surface area contributed by atoms with Gasteiger partial charge in [0.15, 0.2) is 5.25 Å². The van der Waals surface area contributed by atoms with Gasteiger partial charge in [-0.2, -0.15) is 5.26 Å². The van der Waals surface area contributed by atoms with Gasteiger partial charge in [0, 0.05) is 19.1 Å². The Kier molecular flexibility index (Phi) is 4.98. The number of halogens is 1. The number of carbonyl (C=O) groups is 1. The van der Waals surface area contributed by atoms with Gasteiger partial charge < -0.3 is 4.90 Å². The Morgan fingerprint density at radius 2 is 2.05 bits per heavy atom. The van der Waals surface area contributed by atoms with Gasteiger partial charge in [-0.25, -0.2) is 8.42 Å². The van der Waals surface area contributed by atoms with Crippen LogP contribution in [0.4, 0.5) is 5.69 Å². The molecule has 1 N–H and O–H groups in total. The molecule has 1 atom stereocenters. The first kappa shape index (κ1) is 16.3. The van der Waals surface area contributed by atoms with Crippen LogP contribution in [0.1, 0.15) is 12.5 Å². The van der Waals surface area contributed by atoms with Crippen LogP contribution < -0.4 is 4.72 Å². The fraction of sp³-hybridized carbons (Fsp3) is 0.333. The highest BCUT2D eigenvalue weighted by atomic mass is 35.5. The molecule has 0 radical (unpaired) electrons. The van der Waals surface area contributed by atoms with Gasteiger partial charge in [0.2, 0.25) is 15.9 Å². The minimum atomic E-state index is -3.96. The molecule has 0 aromatic heterocycles. The summed E-state index contributed by atoms with van der Waals surface area (Å²) in [7, 11) is -1.02. The number of nitrogens with one attached hydrogen (secondary N) is 1. The number of hydrogen-bond donors (Lipinski definition) is 1. The maximum atomic E-state index is 12.1. The molecule has 1 rings (SSSR count). The standard InChI is InChI=1S/C12H14ClN3O3S/c1-8(12(17)16(2)3)20(18,19)15-11-6-10(13)5-4-9(11)7-14/h4-6,8,15H,1-3H3. The maximum absolute atomic E-state index is 12.1. The highest BCUT2D eigenvalue weighted by molar-refractivity contribution is 7.94. The average molecular weight is 316 g/mol. The normalized spacial score (nSPS) is 12.3. The third-order valence-electron chi connectivity index (χ3n) is 2.61. The van der Waals surface area contributed by atoms with E-state index in [-0.39, 0.29) is 16.3 Å². The molecule has 20 heavy (non-hydrogen) atoms. The second-order valence-corrected chi connectivity index (χ2v) is 6.76. The molecule has 0 aliphatic rings. The summed E-state index contributed by atoms with van der Waals surface area (Å²) in [5.74, 6) is -0.557. The van der Waals surface area contributed by atoms with Crippen molar-refractivity contribution in [3.8, 4) is 6.07 Å². The third-order valence-corrected chi connectivity index (χ3v) is 4.48. The van der Waals surface area contributed by atoms with Gasteiger partial charge in [0.25, 0.3) is 0 Å². The van der Waals surface area contributed by atoms with Crippen molar-refractivity contribution in [2.75, 3.05) is 18.8 Å². The van der Waals surface area contributed by atoms with E-state index in [9.17, 15) is 13.2 Å². The fourth-order valence-electron chi connectivity index (χ4n) is 1.44. The number of anilines is 1. The van der Waals surface area contributed by atoms with E-state index in [2.05, 4.69) is 4.72 Å². The number of nitrogens with zero attached hydrogens (tertiary/aromatic N) is 2. The summed E-state index contributed by atoms with van der Waals surface area (Å²) >= 11 is 5.78. The first-order valence-corrected chi connectivity index (χ1v) is 7.54. The minimum absolute atomic E-state index is 0.0541. The van der Waals surface area contributed by atoms with Crippen LogP contribution in [0.3, 0.4) is 0 Å². The van der Waals surface area contributed by atoms with E-state index in [1.807, 2.05) is 6.07 Å². The molecule has 0 heterocycles. The average Bonchev–Trinajstić information content (AvgIpc) is 2.36. The smallest absolute Gasteiger partial charge is 0.244 e. The van der Waals surface area contributed by atoms with E-state index in [1.54, 1.807) is 0 Å². The Hall–Kier alpha value is -1.78. The number of benzene rings is 1. The monoisotopic (exact) mass is 315 g/mol. The van der Waals surface area contributed by atoms with E-state index < -0.39 is 21.2 Å². The van der Waals surface area contributed by atoms with Crippen molar-refractivity contribution in [3.63, 3.8) is 0 Å². The van der Waals surface area contributed by atoms with Crippen molar-refractivity contribution in [1.29, 1.82) is 5.26 Å². The number of sulfonamides is 1. The topological polar surface area (TPSA) is 90.3 Å². The van der Waals surface area contributed by atoms with Crippen LogP contribution in [0.25, 0.3) is 0 Å². The number of amides is 1. The molecule has 0 saturated carbocycles. The molecule has 8 heteroatoms. The van der Waals surface area contributed by atoms with E-state index in [4.69, 9.17) is 16.9 Å². The van der Waals surface area contributed by atoms with Crippen LogP contribution in [-0.2, 0) is 14.8 Å². The van der Waals surface area contributed by atoms with Gasteiger partial charge in [0.05, 0.1) is 11.3 Å². The molecule has 0 spiro atoms. The quantitative estimate of drug-likeness (QED) is 0.910. The van der Waals surface area contributed by atoms with Crippen molar-refractivity contribution >= 4 is 33.2 Å². The third kappa shape index (κ3) is 3.62. The molecule has 1 amide bonds. The van der Waals surface area contributed by atoms with Gasteiger partial charge in [-0.15, -0.1) is 0 Å². The Balaban J connectivity index is 3.12. The molecule has 0 saturated heterocycles. The Labute approximate surface area is 123 Å². The highest BCUT2D eigenvalue weighted by Crippen LogP contribution is 2.22. The van der Waals surface area contributed by atoms with Gasteiger partial charge in [-0.3, -0.25) is 9.52 Å². The molecule has 0 bridgehead atoms. The predicted octanol–water partition coefficient (Wildman–Crippen LogP) is 1.43. The minimum Gasteiger partial charge on any atom is -0.348 e. The Morgan fingerprint density at radius 3 is 2.55 bits per heavy atom. The predicted molar refractivity (Wildman–Crippen MR) is 76.9 cm³/mol. The van der Waals surface area contributed by atoms with Crippen LogP contribution in [-0.4, -0.2) is 38.6 Å². The summed E-state index contributed by atoms with van der Waals surface area (Å²) in [6, 6.07) is 6.06. The van der Waals surface area contributed by atoms with E-state index in [0.29, 0.717) is 0 Å². The molecule has 0 fully saturated rings. The molecule has 1 aromatic carbocycles. The zero-order chi connectivity index (χ0) is 15.5. The zero-order valence-electron chi connectivity index (χ0n) is 11.2. The Morgan fingerprint density at radius 1 is 1.45 bits per heavy atom. The first-order valence-electron chi connectivity index (χ1n) is 5.61. The summed E-state index contributed by atoms with van der Waals surface area (Å²) in [5, 5.41) is 7.95. The second kappa shape index (κ2) is 6.11.